The number of carbonyl (C=O) groups is 1. The van der Waals surface area contributed by atoms with Gasteiger partial charge in [0.25, 0.3) is 0 Å². The molecule has 0 aliphatic carbocycles. The lowest BCUT2D eigenvalue weighted by Crippen LogP contribution is -2.26. The maximum atomic E-state index is 10.9. The number of benzene rings is 1. The average Bonchev–Trinajstić information content (AvgIpc) is 2.35. The molecule has 0 aliphatic heterocycles. The van der Waals surface area contributed by atoms with Crippen molar-refractivity contribution in [2.75, 3.05) is 5.32 Å². The summed E-state index contributed by atoms with van der Waals surface area (Å²) in [4.78, 5) is 10.9. The van der Waals surface area contributed by atoms with Gasteiger partial charge in [0.1, 0.15) is 0 Å². The number of amides is 1. The van der Waals surface area contributed by atoms with Crippen molar-refractivity contribution in [3.05, 3.63) is 29.8 Å². The summed E-state index contributed by atoms with van der Waals surface area (Å²) < 4.78 is 0. The van der Waals surface area contributed by atoms with E-state index in [1.807, 2.05) is 12.1 Å². The molecule has 1 aromatic rings. The summed E-state index contributed by atoms with van der Waals surface area (Å²) in [6, 6.07) is 6.89. The first-order valence-electron chi connectivity index (χ1n) is 6.71. The highest BCUT2D eigenvalue weighted by Crippen LogP contribution is 2.21. The fraction of sp³-hybridized carbons (Fsp3) is 0.533. The molecule has 0 saturated heterocycles. The number of rotatable bonds is 6. The molecule has 0 aliphatic rings. The minimum atomic E-state index is -0.533. The number of carbonyl (C=O) groups excluding carboxylic acids is 1. The van der Waals surface area contributed by atoms with Crippen LogP contribution in [0.25, 0.3) is 0 Å². The smallest absolute Gasteiger partial charge is 0.221 e. The predicted molar refractivity (Wildman–Crippen MR) is 85.0 cm³/mol. The van der Waals surface area contributed by atoms with Gasteiger partial charge in [0.2, 0.25) is 5.91 Å². The zero-order valence-corrected chi connectivity index (χ0v) is 13.1. The second-order valence-electron chi connectivity index (χ2n) is 5.37. The van der Waals surface area contributed by atoms with Gasteiger partial charge in [0, 0.05) is 12.6 Å². The molecule has 0 unspecified atom stereocenters. The van der Waals surface area contributed by atoms with Crippen LogP contribution in [-0.2, 0) is 4.79 Å². The Balaban J connectivity index is 0.00000361. The summed E-state index contributed by atoms with van der Waals surface area (Å²) in [5, 5.41) is 12.7. The minimum Gasteiger partial charge on any atom is -0.391 e. The third kappa shape index (κ3) is 6.37. The SMILES string of the molecule is CC(=O)Nc1ccc([C@@H](N)[C@@H](O)CCC(C)C)cc1.Cl. The fourth-order valence-corrected chi connectivity index (χ4v) is 1.90. The van der Waals surface area contributed by atoms with E-state index in [0.29, 0.717) is 12.3 Å². The zero-order chi connectivity index (χ0) is 14.4. The van der Waals surface area contributed by atoms with E-state index < -0.39 is 6.10 Å². The number of halogens is 1. The Kier molecular flexibility index (Phi) is 8.46. The van der Waals surface area contributed by atoms with Gasteiger partial charge < -0.3 is 16.2 Å². The van der Waals surface area contributed by atoms with Gasteiger partial charge in [-0.25, -0.2) is 0 Å². The van der Waals surface area contributed by atoms with Crippen molar-refractivity contribution in [2.45, 2.75) is 45.8 Å². The van der Waals surface area contributed by atoms with E-state index >= 15 is 0 Å². The standard InChI is InChI=1S/C15H24N2O2.ClH/c1-10(2)4-9-14(19)15(16)12-5-7-13(8-6-12)17-11(3)18;/h5-8,10,14-15,19H,4,9,16H2,1-3H3,(H,17,18);1H/t14-,15+;/m0./s1. The molecular formula is C15H25ClN2O2. The van der Waals surface area contributed by atoms with Crippen LogP contribution in [0.15, 0.2) is 24.3 Å². The van der Waals surface area contributed by atoms with Crippen LogP contribution in [-0.4, -0.2) is 17.1 Å². The lowest BCUT2D eigenvalue weighted by molar-refractivity contribution is -0.114. The van der Waals surface area contributed by atoms with Crippen LogP contribution >= 0.6 is 12.4 Å². The van der Waals surface area contributed by atoms with Crippen LogP contribution in [0.1, 0.15) is 45.2 Å². The van der Waals surface area contributed by atoms with Gasteiger partial charge in [-0.3, -0.25) is 4.79 Å². The highest BCUT2D eigenvalue weighted by atomic mass is 35.5. The molecule has 0 fully saturated rings. The van der Waals surface area contributed by atoms with E-state index in [1.165, 1.54) is 6.92 Å². The quantitative estimate of drug-likeness (QED) is 0.756. The zero-order valence-electron chi connectivity index (χ0n) is 12.3. The van der Waals surface area contributed by atoms with Gasteiger partial charge in [-0.15, -0.1) is 12.4 Å². The van der Waals surface area contributed by atoms with Crippen LogP contribution in [0.5, 0.6) is 0 Å². The molecule has 0 bridgehead atoms. The van der Waals surface area contributed by atoms with Crippen LogP contribution in [0.4, 0.5) is 5.69 Å². The van der Waals surface area contributed by atoms with Crippen molar-refractivity contribution in [2.24, 2.45) is 11.7 Å². The molecule has 0 aromatic heterocycles. The summed E-state index contributed by atoms with van der Waals surface area (Å²) in [5.41, 5.74) is 7.65. The number of aliphatic hydroxyl groups excluding tert-OH is 1. The number of anilines is 1. The Morgan fingerprint density at radius 2 is 1.80 bits per heavy atom. The fourth-order valence-electron chi connectivity index (χ4n) is 1.90. The summed E-state index contributed by atoms with van der Waals surface area (Å²) in [6.45, 7) is 5.72. The minimum absolute atomic E-state index is 0. The predicted octanol–water partition coefficient (Wildman–Crippen LogP) is 2.86. The number of nitrogens with one attached hydrogen (secondary N) is 1. The second-order valence-corrected chi connectivity index (χ2v) is 5.37. The lowest BCUT2D eigenvalue weighted by Gasteiger charge is -2.20. The molecule has 0 radical (unpaired) electrons. The van der Waals surface area contributed by atoms with E-state index in [4.69, 9.17) is 5.73 Å². The summed E-state index contributed by atoms with van der Waals surface area (Å²) in [6.07, 6.45) is 1.12. The third-order valence-corrected chi connectivity index (χ3v) is 3.07. The van der Waals surface area contributed by atoms with E-state index in [2.05, 4.69) is 19.2 Å². The summed E-state index contributed by atoms with van der Waals surface area (Å²) >= 11 is 0. The monoisotopic (exact) mass is 300 g/mol. The highest BCUT2D eigenvalue weighted by Gasteiger charge is 2.16. The van der Waals surface area contributed by atoms with Gasteiger partial charge in [-0.2, -0.15) is 0 Å². The second kappa shape index (κ2) is 8.95. The third-order valence-electron chi connectivity index (χ3n) is 3.07. The van der Waals surface area contributed by atoms with Crippen molar-refractivity contribution >= 4 is 24.0 Å². The topological polar surface area (TPSA) is 75.4 Å². The largest absolute Gasteiger partial charge is 0.391 e. The molecule has 0 heterocycles. The van der Waals surface area contributed by atoms with Crippen LogP contribution < -0.4 is 11.1 Å². The Labute approximate surface area is 127 Å². The number of nitrogens with two attached hydrogens (primary N) is 1. The maximum absolute atomic E-state index is 10.9. The first kappa shape index (κ1) is 18.9. The normalized spacial score (nSPS) is 13.5. The first-order chi connectivity index (χ1) is 8.90. The molecule has 1 amide bonds. The molecule has 5 heteroatoms. The van der Waals surface area contributed by atoms with Crippen LogP contribution in [0.3, 0.4) is 0 Å². The van der Waals surface area contributed by atoms with Gasteiger partial charge in [-0.1, -0.05) is 26.0 Å². The lowest BCUT2D eigenvalue weighted by atomic mass is 9.96. The maximum Gasteiger partial charge on any atom is 0.221 e. The molecule has 20 heavy (non-hydrogen) atoms. The van der Waals surface area contributed by atoms with Crippen molar-refractivity contribution in [1.82, 2.24) is 0 Å². The number of aliphatic hydroxyl groups is 1. The number of hydrogen-bond acceptors (Lipinski definition) is 3. The van der Waals surface area contributed by atoms with E-state index in [-0.39, 0.29) is 24.4 Å². The molecule has 1 aromatic carbocycles. The Morgan fingerprint density at radius 3 is 2.25 bits per heavy atom. The molecule has 114 valence electrons. The molecule has 1 rings (SSSR count). The van der Waals surface area contributed by atoms with E-state index in [9.17, 15) is 9.90 Å². The Hall–Kier alpha value is -1.10. The molecule has 2 atom stereocenters. The van der Waals surface area contributed by atoms with Gasteiger partial charge in [-0.05, 0) is 36.5 Å². The Bertz CT molecular complexity index is 407. The average molecular weight is 301 g/mol. The molecule has 0 spiro atoms. The van der Waals surface area contributed by atoms with E-state index in [0.717, 1.165) is 17.7 Å². The van der Waals surface area contributed by atoms with Crippen molar-refractivity contribution in [3.8, 4) is 0 Å². The van der Waals surface area contributed by atoms with Gasteiger partial charge >= 0.3 is 0 Å². The van der Waals surface area contributed by atoms with Crippen molar-refractivity contribution < 1.29 is 9.90 Å². The molecular weight excluding hydrogens is 276 g/mol. The number of hydrogen-bond donors (Lipinski definition) is 3. The highest BCUT2D eigenvalue weighted by molar-refractivity contribution is 5.88. The van der Waals surface area contributed by atoms with Gasteiger partial charge in [0.15, 0.2) is 0 Å². The van der Waals surface area contributed by atoms with Crippen molar-refractivity contribution in [3.63, 3.8) is 0 Å². The first-order valence-corrected chi connectivity index (χ1v) is 6.71. The van der Waals surface area contributed by atoms with E-state index in [1.54, 1.807) is 12.1 Å². The Morgan fingerprint density at radius 1 is 1.25 bits per heavy atom. The molecule has 4 N–H and O–H groups in total. The van der Waals surface area contributed by atoms with Crippen LogP contribution in [0, 0.1) is 5.92 Å². The van der Waals surface area contributed by atoms with Gasteiger partial charge in [0.05, 0.1) is 12.1 Å². The summed E-state index contributed by atoms with van der Waals surface area (Å²) in [5.74, 6) is 0.456. The molecule has 0 saturated carbocycles. The summed E-state index contributed by atoms with van der Waals surface area (Å²) in [7, 11) is 0. The van der Waals surface area contributed by atoms with Crippen molar-refractivity contribution in [1.29, 1.82) is 0 Å². The van der Waals surface area contributed by atoms with Crippen LogP contribution in [0.2, 0.25) is 0 Å². The molecule has 4 nitrogen and oxygen atoms in total.